The second kappa shape index (κ2) is 13.0. The summed E-state index contributed by atoms with van der Waals surface area (Å²) in [6.07, 6.45) is 1.73. The van der Waals surface area contributed by atoms with E-state index in [1.165, 1.54) is 29.9 Å². The Balaban J connectivity index is 1.78. The molecule has 0 saturated carbocycles. The van der Waals surface area contributed by atoms with Crippen LogP contribution in [0.3, 0.4) is 0 Å². The molecule has 5 rings (SSSR count). The number of aromatic nitrogens is 1. The molecule has 0 amide bonds. The summed E-state index contributed by atoms with van der Waals surface area (Å²) in [4.78, 5) is 44.6. The molecular weight excluding hydrogens is 683 g/mol. The first-order valence-electron chi connectivity index (χ1n) is 13.2. The Morgan fingerprint density at radius 2 is 1.77 bits per heavy atom. The smallest absolute Gasteiger partial charge is 0.338 e. The van der Waals surface area contributed by atoms with Crippen molar-refractivity contribution in [2.24, 2.45) is 4.99 Å². The molecule has 1 aliphatic rings. The molecule has 0 fully saturated rings. The molecule has 220 valence electrons. The molecule has 43 heavy (non-hydrogen) atoms. The molecule has 3 aromatic carbocycles. The Labute approximate surface area is 264 Å². The number of carbonyl (C=O) groups excluding carboxylic acids is 2. The predicted molar refractivity (Wildman–Crippen MR) is 171 cm³/mol. The Morgan fingerprint density at radius 3 is 2.40 bits per heavy atom. The highest BCUT2D eigenvalue weighted by atomic mass is 127. The maximum atomic E-state index is 14.1. The highest BCUT2D eigenvalue weighted by molar-refractivity contribution is 14.1. The zero-order valence-corrected chi connectivity index (χ0v) is 26.7. The Kier molecular flexibility index (Phi) is 9.11. The lowest BCUT2D eigenvalue weighted by atomic mass is 9.93. The van der Waals surface area contributed by atoms with Gasteiger partial charge in [0.05, 0.1) is 46.2 Å². The summed E-state index contributed by atoms with van der Waals surface area (Å²) in [7, 11) is 3.05. The van der Waals surface area contributed by atoms with Gasteiger partial charge >= 0.3 is 11.9 Å². The molecule has 9 nitrogen and oxygen atoms in total. The number of esters is 2. The van der Waals surface area contributed by atoms with E-state index in [2.05, 4.69) is 22.6 Å². The molecule has 0 radical (unpaired) electrons. The molecule has 2 heterocycles. The molecular formula is C32H27IN2O7S. The fraction of sp³-hybridized carbons (Fsp3) is 0.188. The number of hydrogen-bond acceptors (Lipinski definition) is 9. The Morgan fingerprint density at radius 1 is 1.05 bits per heavy atom. The lowest BCUT2D eigenvalue weighted by Gasteiger charge is -2.26. The second-order valence-corrected chi connectivity index (χ2v) is 11.5. The molecule has 1 aromatic heterocycles. The lowest BCUT2D eigenvalue weighted by Crippen LogP contribution is -2.40. The van der Waals surface area contributed by atoms with Crippen molar-refractivity contribution in [2.45, 2.75) is 19.9 Å². The molecule has 0 aliphatic carbocycles. The highest BCUT2D eigenvalue weighted by Crippen LogP contribution is 2.36. The third kappa shape index (κ3) is 6.13. The average molecular weight is 711 g/mol. The van der Waals surface area contributed by atoms with E-state index >= 15 is 0 Å². The molecule has 0 spiro atoms. The number of thiazole rings is 1. The Hall–Kier alpha value is -4.23. The van der Waals surface area contributed by atoms with E-state index in [9.17, 15) is 14.4 Å². The number of nitrogens with zero attached hydrogens (tertiary/aromatic N) is 2. The van der Waals surface area contributed by atoms with Gasteiger partial charge in [0.25, 0.3) is 5.56 Å². The van der Waals surface area contributed by atoms with Gasteiger partial charge in [-0.25, -0.2) is 9.79 Å². The normalized spacial score (nSPS) is 14.5. The maximum Gasteiger partial charge on any atom is 0.338 e. The van der Waals surface area contributed by atoms with E-state index in [0.29, 0.717) is 47.0 Å². The van der Waals surface area contributed by atoms with Crippen LogP contribution in [0, 0.1) is 3.57 Å². The van der Waals surface area contributed by atoms with Crippen LogP contribution in [-0.2, 0) is 14.3 Å². The molecule has 0 unspecified atom stereocenters. The summed E-state index contributed by atoms with van der Waals surface area (Å²) in [6, 6.07) is 19.3. The summed E-state index contributed by atoms with van der Waals surface area (Å²) in [5.41, 5.74) is 2.46. The standard InChI is InChI=1S/C32H27IN2O7S/c1-5-41-31(38)26-27(20-9-7-6-8-10-20)34-32-35(28(26)21-11-13-22(39-3)14-12-21)30(37)25(43-32)17-19-15-23(33)29(42-18(2)36)24(16-19)40-4/h6-17,28H,5H2,1-4H3/b25-17-/t28-/m1/s1. The minimum absolute atomic E-state index is 0.161. The number of fused-ring (bicyclic) bond motifs is 1. The minimum atomic E-state index is -0.806. The van der Waals surface area contributed by atoms with Crippen molar-refractivity contribution in [3.8, 4) is 17.2 Å². The number of carbonyl (C=O) groups is 2. The highest BCUT2D eigenvalue weighted by Gasteiger charge is 2.35. The number of halogens is 1. The molecule has 1 aliphatic heterocycles. The first-order valence-corrected chi connectivity index (χ1v) is 15.1. The number of rotatable bonds is 8. The van der Waals surface area contributed by atoms with E-state index in [0.717, 1.165) is 5.56 Å². The van der Waals surface area contributed by atoms with Gasteiger partial charge in [0.2, 0.25) is 0 Å². The largest absolute Gasteiger partial charge is 0.497 e. The van der Waals surface area contributed by atoms with Gasteiger partial charge < -0.3 is 18.9 Å². The molecule has 0 N–H and O–H groups in total. The van der Waals surface area contributed by atoms with Crippen LogP contribution in [0.5, 0.6) is 17.2 Å². The first-order chi connectivity index (χ1) is 20.7. The fourth-order valence-corrected chi connectivity index (χ4v) is 6.50. The van der Waals surface area contributed by atoms with Gasteiger partial charge in [0, 0.05) is 12.5 Å². The van der Waals surface area contributed by atoms with Crippen LogP contribution in [0.25, 0.3) is 11.8 Å². The van der Waals surface area contributed by atoms with Crippen molar-refractivity contribution in [1.29, 1.82) is 0 Å². The van der Waals surface area contributed by atoms with Crippen LogP contribution in [-0.4, -0.2) is 37.3 Å². The predicted octanol–water partition coefficient (Wildman–Crippen LogP) is 4.48. The maximum absolute atomic E-state index is 14.1. The van der Waals surface area contributed by atoms with Gasteiger partial charge in [-0.15, -0.1) is 0 Å². The average Bonchev–Trinajstić information content (AvgIpc) is 3.32. The van der Waals surface area contributed by atoms with Crippen molar-refractivity contribution in [3.63, 3.8) is 0 Å². The van der Waals surface area contributed by atoms with E-state index in [-0.39, 0.29) is 17.7 Å². The van der Waals surface area contributed by atoms with E-state index in [1.54, 1.807) is 44.4 Å². The van der Waals surface area contributed by atoms with Crippen LogP contribution < -0.4 is 29.1 Å². The summed E-state index contributed by atoms with van der Waals surface area (Å²) in [5, 5.41) is 0. The van der Waals surface area contributed by atoms with Crippen molar-refractivity contribution in [2.75, 3.05) is 20.8 Å². The molecule has 0 bridgehead atoms. The third-order valence-electron chi connectivity index (χ3n) is 6.60. The molecule has 0 saturated heterocycles. The van der Waals surface area contributed by atoms with Crippen molar-refractivity contribution < 1.29 is 28.5 Å². The zero-order chi connectivity index (χ0) is 30.7. The number of ether oxygens (including phenoxy) is 4. The SMILES string of the molecule is CCOC(=O)C1=C(c2ccccc2)N=c2s/c(=C\c3cc(I)c(OC(C)=O)c(OC)c3)c(=O)n2[C@@H]1c1ccc(OC)cc1. The number of methoxy groups -OCH3 is 2. The van der Waals surface area contributed by atoms with Gasteiger partial charge in [-0.05, 0) is 71.0 Å². The number of benzene rings is 3. The van der Waals surface area contributed by atoms with Gasteiger partial charge in [0.15, 0.2) is 16.3 Å². The van der Waals surface area contributed by atoms with Crippen LogP contribution in [0.2, 0.25) is 0 Å². The molecule has 1 atom stereocenters. The summed E-state index contributed by atoms with van der Waals surface area (Å²) < 4.78 is 24.2. The van der Waals surface area contributed by atoms with Crippen LogP contribution >= 0.6 is 33.9 Å². The fourth-order valence-electron chi connectivity index (χ4n) is 4.76. The van der Waals surface area contributed by atoms with E-state index < -0.39 is 18.0 Å². The summed E-state index contributed by atoms with van der Waals surface area (Å²) in [6.45, 7) is 3.21. The summed E-state index contributed by atoms with van der Waals surface area (Å²) in [5.74, 6) is 0.276. The van der Waals surface area contributed by atoms with Crippen LogP contribution in [0.4, 0.5) is 0 Å². The quantitative estimate of drug-likeness (QED) is 0.151. The second-order valence-electron chi connectivity index (χ2n) is 9.33. The molecule has 11 heteroatoms. The van der Waals surface area contributed by atoms with Gasteiger partial charge in [-0.3, -0.25) is 14.2 Å². The van der Waals surface area contributed by atoms with Gasteiger partial charge in [0.1, 0.15) is 5.75 Å². The van der Waals surface area contributed by atoms with Crippen molar-refractivity contribution in [1.82, 2.24) is 4.57 Å². The number of hydrogen-bond donors (Lipinski definition) is 0. The van der Waals surface area contributed by atoms with Crippen LogP contribution in [0.1, 0.15) is 36.6 Å². The lowest BCUT2D eigenvalue weighted by molar-refractivity contribution is -0.139. The van der Waals surface area contributed by atoms with Crippen molar-refractivity contribution in [3.05, 3.63) is 112 Å². The van der Waals surface area contributed by atoms with Crippen LogP contribution in [0.15, 0.2) is 82.1 Å². The van der Waals surface area contributed by atoms with E-state index in [1.807, 2.05) is 42.5 Å². The summed E-state index contributed by atoms with van der Waals surface area (Å²) >= 11 is 3.27. The monoisotopic (exact) mass is 710 g/mol. The van der Waals surface area contributed by atoms with Gasteiger partial charge in [-0.1, -0.05) is 53.8 Å². The zero-order valence-electron chi connectivity index (χ0n) is 23.8. The Bertz CT molecular complexity index is 1910. The first kappa shape index (κ1) is 30.2. The third-order valence-corrected chi connectivity index (χ3v) is 8.38. The minimum Gasteiger partial charge on any atom is -0.497 e. The topological polar surface area (TPSA) is 105 Å². The van der Waals surface area contributed by atoms with Crippen molar-refractivity contribution >= 4 is 57.6 Å². The van der Waals surface area contributed by atoms with Gasteiger partial charge in [-0.2, -0.15) is 0 Å². The van der Waals surface area contributed by atoms with E-state index in [4.69, 9.17) is 23.9 Å². The molecule has 4 aromatic rings.